The topological polar surface area (TPSA) is 41.1 Å². The number of carbonyl (C=O) groups is 1. The highest BCUT2D eigenvalue weighted by atomic mass is 16.1. The van der Waals surface area contributed by atoms with E-state index in [1.165, 1.54) is 24.0 Å². The molecule has 1 amide bonds. The summed E-state index contributed by atoms with van der Waals surface area (Å²) < 4.78 is 0. The van der Waals surface area contributed by atoms with E-state index >= 15 is 0 Å². The van der Waals surface area contributed by atoms with Crippen LogP contribution in [-0.4, -0.2) is 19.5 Å². The van der Waals surface area contributed by atoms with Gasteiger partial charge in [-0.25, -0.2) is 0 Å². The molecule has 3 heteroatoms. The van der Waals surface area contributed by atoms with Gasteiger partial charge in [0.25, 0.3) is 0 Å². The number of rotatable bonds is 6. The van der Waals surface area contributed by atoms with Gasteiger partial charge in [0.05, 0.1) is 5.54 Å². The van der Waals surface area contributed by atoms with Crippen LogP contribution in [-0.2, 0) is 10.3 Å². The summed E-state index contributed by atoms with van der Waals surface area (Å²) in [6.45, 7) is 3.01. The highest BCUT2D eigenvalue weighted by Crippen LogP contribution is 2.39. The Morgan fingerprint density at radius 1 is 1.30 bits per heavy atom. The summed E-state index contributed by atoms with van der Waals surface area (Å²) in [5.41, 5.74) is 2.41. The number of hydrogen-bond donors (Lipinski definition) is 2. The predicted octanol–water partition coefficient (Wildman–Crippen LogP) is 2.88. The highest BCUT2D eigenvalue weighted by molar-refractivity contribution is 5.77. The maximum atomic E-state index is 12.2. The molecule has 0 aromatic heterocycles. The summed E-state index contributed by atoms with van der Waals surface area (Å²) in [5, 5.41) is 6.41. The molecule has 0 radical (unpaired) electrons. The Hall–Kier alpha value is -1.35. The van der Waals surface area contributed by atoms with E-state index in [1.807, 2.05) is 7.05 Å². The Morgan fingerprint density at radius 2 is 2.05 bits per heavy atom. The van der Waals surface area contributed by atoms with E-state index in [1.54, 1.807) is 0 Å². The Kier molecular flexibility index (Phi) is 5.18. The minimum absolute atomic E-state index is 0.122. The summed E-state index contributed by atoms with van der Waals surface area (Å²) in [6, 6.07) is 8.59. The Labute approximate surface area is 122 Å². The molecule has 20 heavy (non-hydrogen) atoms. The molecule has 1 aliphatic carbocycles. The van der Waals surface area contributed by atoms with Crippen LogP contribution >= 0.6 is 0 Å². The summed E-state index contributed by atoms with van der Waals surface area (Å²) in [5.74, 6) is 0.184. The van der Waals surface area contributed by atoms with Crippen LogP contribution in [0.25, 0.3) is 0 Å². The number of aryl methyl sites for hydroxylation is 1. The van der Waals surface area contributed by atoms with Crippen LogP contribution in [0, 0.1) is 6.92 Å². The monoisotopic (exact) mass is 274 g/mol. The van der Waals surface area contributed by atoms with Gasteiger partial charge in [-0.15, -0.1) is 0 Å². The van der Waals surface area contributed by atoms with Crippen LogP contribution in [0.4, 0.5) is 0 Å². The second kappa shape index (κ2) is 6.89. The standard InChI is InChI=1S/C17H26N2O/c1-14-7-5-8-15(13-14)17(10-3-4-11-17)19-16(20)9-6-12-18-2/h5,7-8,13,18H,3-4,6,9-12H2,1-2H3,(H,19,20). The van der Waals surface area contributed by atoms with Crippen molar-refractivity contribution in [2.75, 3.05) is 13.6 Å². The summed E-state index contributed by atoms with van der Waals surface area (Å²) >= 11 is 0. The van der Waals surface area contributed by atoms with Gasteiger partial charge in [-0.2, -0.15) is 0 Å². The first kappa shape index (κ1) is 15.0. The number of amides is 1. The van der Waals surface area contributed by atoms with Crippen molar-refractivity contribution in [2.45, 2.75) is 51.0 Å². The molecule has 2 N–H and O–H groups in total. The smallest absolute Gasteiger partial charge is 0.220 e. The molecule has 1 aromatic carbocycles. The predicted molar refractivity (Wildman–Crippen MR) is 82.6 cm³/mol. The van der Waals surface area contributed by atoms with Crippen LogP contribution in [0.5, 0.6) is 0 Å². The van der Waals surface area contributed by atoms with E-state index in [2.05, 4.69) is 41.8 Å². The molecule has 110 valence electrons. The number of hydrogen-bond acceptors (Lipinski definition) is 2. The molecule has 2 rings (SSSR count). The van der Waals surface area contributed by atoms with Crippen molar-refractivity contribution in [2.24, 2.45) is 0 Å². The molecule has 0 bridgehead atoms. The third-order valence-corrected chi connectivity index (χ3v) is 4.24. The lowest BCUT2D eigenvalue weighted by Gasteiger charge is -2.31. The van der Waals surface area contributed by atoms with Crippen molar-refractivity contribution < 1.29 is 4.79 Å². The third kappa shape index (κ3) is 3.60. The fraction of sp³-hybridized carbons (Fsp3) is 0.588. The first-order chi connectivity index (χ1) is 9.66. The second-order valence-corrected chi connectivity index (χ2v) is 5.91. The molecule has 0 spiro atoms. The maximum absolute atomic E-state index is 12.2. The molecule has 1 aliphatic rings. The van der Waals surface area contributed by atoms with Gasteiger partial charge >= 0.3 is 0 Å². The normalized spacial score (nSPS) is 17.1. The quantitative estimate of drug-likeness (QED) is 0.783. The second-order valence-electron chi connectivity index (χ2n) is 5.91. The van der Waals surface area contributed by atoms with Crippen molar-refractivity contribution >= 4 is 5.91 Å². The van der Waals surface area contributed by atoms with Crippen LogP contribution in [0.15, 0.2) is 24.3 Å². The molecular formula is C17H26N2O. The van der Waals surface area contributed by atoms with Crippen LogP contribution in [0.2, 0.25) is 0 Å². The van der Waals surface area contributed by atoms with Gasteiger partial charge in [0, 0.05) is 6.42 Å². The van der Waals surface area contributed by atoms with Gasteiger partial charge in [-0.1, -0.05) is 42.7 Å². The largest absolute Gasteiger partial charge is 0.347 e. The van der Waals surface area contributed by atoms with Gasteiger partial charge < -0.3 is 10.6 Å². The van der Waals surface area contributed by atoms with E-state index in [9.17, 15) is 4.79 Å². The van der Waals surface area contributed by atoms with Gasteiger partial charge in [0.2, 0.25) is 5.91 Å². The fourth-order valence-electron chi connectivity index (χ4n) is 3.16. The zero-order chi connectivity index (χ0) is 14.4. The Morgan fingerprint density at radius 3 is 2.70 bits per heavy atom. The average molecular weight is 274 g/mol. The summed E-state index contributed by atoms with van der Waals surface area (Å²) in [6.07, 6.45) is 6.03. The molecular weight excluding hydrogens is 248 g/mol. The Balaban J connectivity index is 2.08. The average Bonchev–Trinajstić information content (AvgIpc) is 2.89. The molecule has 1 aromatic rings. The van der Waals surface area contributed by atoms with Gasteiger partial charge in [-0.3, -0.25) is 4.79 Å². The molecule has 0 unspecified atom stereocenters. The lowest BCUT2D eigenvalue weighted by molar-refractivity contribution is -0.123. The first-order valence-corrected chi connectivity index (χ1v) is 7.69. The maximum Gasteiger partial charge on any atom is 0.220 e. The van der Waals surface area contributed by atoms with Crippen LogP contribution < -0.4 is 10.6 Å². The number of nitrogens with one attached hydrogen (secondary N) is 2. The number of benzene rings is 1. The summed E-state index contributed by atoms with van der Waals surface area (Å²) in [4.78, 5) is 12.2. The highest BCUT2D eigenvalue weighted by Gasteiger charge is 2.36. The van der Waals surface area contributed by atoms with Crippen molar-refractivity contribution in [1.29, 1.82) is 0 Å². The number of carbonyl (C=O) groups excluding carboxylic acids is 1. The van der Waals surface area contributed by atoms with Crippen molar-refractivity contribution in [3.05, 3.63) is 35.4 Å². The van der Waals surface area contributed by atoms with Crippen molar-refractivity contribution in [3.63, 3.8) is 0 Å². The van der Waals surface area contributed by atoms with Crippen LogP contribution in [0.1, 0.15) is 49.7 Å². The van der Waals surface area contributed by atoms with E-state index in [0.29, 0.717) is 6.42 Å². The molecule has 0 heterocycles. The van der Waals surface area contributed by atoms with E-state index < -0.39 is 0 Å². The van der Waals surface area contributed by atoms with Gasteiger partial charge in [0.15, 0.2) is 0 Å². The fourth-order valence-corrected chi connectivity index (χ4v) is 3.16. The van der Waals surface area contributed by atoms with E-state index in [4.69, 9.17) is 0 Å². The van der Waals surface area contributed by atoms with Crippen LogP contribution in [0.3, 0.4) is 0 Å². The van der Waals surface area contributed by atoms with Crippen molar-refractivity contribution in [1.82, 2.24) is 10.6 Å². The first-order valence-electron chi connectivity index (χ1n) is 7.69. The SMILES string of the molecule is CNCCCC(=O)NC1(c2cccc(C)c2)CCCC1. The molecule has 3 nitrogen and oxygen atoms in total. The molecule has 0 atom stereocenters. The Bertz CT molecular complexity index is 450. The minimum atomic E-state index is -0.122. The zero-order valence-corrected chi connectivity index (χ0v) is 12.7. The molecule has 0 aliphatic heterocycles. The molecule has 1 saturated carbocycles. The molecule has 1 fully saturated rings. The van der Waals surface area contributed by atoms with Gasteiger partial charge in [-0.05, 0) is 45.3 Å². The minimum Gasteiger partial charge on any atom is -0.347 e. The lowest BCUT2D eigenvalue weighted by atomic mass is 9.87. The third-order valence-electron chi connectivity index (χ3n) is 4.24. The summed E-state index contributed by atoms with van der Waals surface area (Å²) in [7, 11) is 1.92. The van der Waals surface area contributed by atoms with E-state index in [0.717, 1.165) is 25.8 Å². The molecule has 0 saturated heterocycles. The lowest BCUT2D eigenvalue weighted by Crippen LogP contribution is -2.43. The zero-order valence-electron chi connectivity index (χ0n) is 12.7. The van der Waals surface area contributed by atoms with Crippen molar-refractivity contribution in [3.8, 4) is 0 Å². The van der Waals surface area contributed by atoms with Gasteiger partial charge in [0.1, 0.15) is 0 Å². The van der Waals surface area contributed by atoms with E-state index in [-0.39, 0.29) is 11.4 Å².